The minimum atomic E-state index is -0.788. The number of piperazine rings is 1. The number of carbonyl (C=O) groups is 2. The van der Waals surface area contributed by atoms with Crippen molar-refractivity contribution in [2.45, 2.75) is 63.3 Å². The summed E-state index contributed by atoms with van der Waals surface area (Å²) in [5, 5.41) is 3.47. The van der Waals surface area contributed by atoms with E-state index < -0.39 is 17.2 Å². The van der Waals surface area contributed by atoms with Gasteiger partial charge in [-0.25, -0.2) is 9.78 Å². The fraction of sp³-hybridized carbons (Fsp3) is 0.483. The van der Waals surface area contributed by atoms with Gasteiger partial charge in [-0.3, -0.25) is 9.69 Å². The largest absolute Gasteiger partial charge is 0.492 e. The van der Waals surface area contributed by atoms with E-state index in [0.29, 0.717) is 37.2 Å². The highest BCUT2D eigenvalue weighted by Crippen LogP contribution is 2.41. The number of ether oxygens (including phenoxy) is 3. The maximum absolute atomic E-state index is 13.3. The third-order valence-electron chi connectivity index (χ3n) is 7.46. The zero-order valence-electron chi connectivity index (χ0n) is 22.5. The SMILES string of the molecule is CC(C)(C)OC(=O)NC1(C(=O)N2C[C@H]3C[C@H]2CN3CCOc2ccc(Oc3nc4ccccc4s3)cc2)CC1. The number of para-hydroxylation sites is 1. The van der Waals surface area contributed by atoms with E-state index in [4.69, 9.17) is 14.2 Å². The van der Waals surface area contributed by atoms with Crippen LogP contribution in [0.5, 0.6) is 16.7 Å². The number of thiazole rings is 1. The van der Waals surface area contributed by atoms with Crippen LogP contribution in [0.25, 0.3) is 10.2 Å². The molecule has 3 heterocycles. The molecule has 0 spiro atoms. The first kappa shape index (κ1) is 25.9. The first-order valence-corrected chi connectivity index (χ1v) is 14.3. The summed E-state index contributed by atoms with van der Waals surface area (Å²) >= 11 is 1.52. The summed E-state index contributed by atoms with van der Waals surface area (Å²) in [4.78, 5) is 34.5. The standard InChI is InChI=1S/C29H34N4O5S/c1-28(2,3)38-26(35)31-29(12-13-29)25(34)33-18-19-16-20(33)17-32(19)14-15-36-21-8-10-22(11-9-21)37-27-30-23-6-4-5-7-24(23)39-27/h4-11,19-20H,12-18H2,1-3H3,(H,31,35)/t19-,20+/m1/s1. The van der Waals surface area contributed by atoms with Crippen molar-refractivity contribution >= 4 is 33.6 Å². The van der Waals surface area contributed by atoms with Gasteiger partial charge in [0.05, 0.1) is 10.2 Å². The average Bonchev–Trinajstić information content (AvgIpc) is 3.21. The van der Waals surface area contributed by atoms with Crippen molar-refractivity contribution in [3.63, 3.8) is 0 Å². The van der Waals surface area contributed by atoms with E-state index in [-0.39, 0.29) is 11.9 Å². The Labute approximate surface area is 232 Å². The third-order valence-corrected chi connectivity index (χ3v) is 8.38. The van der Waals surface area contributed by atoms with E-state index in [1.165, 1.54) is 11.3 Å². The molecule has 1 saturated carbocycles. The lowest BCUT2D eigenvalue weighted by Gasteiger charge is -2.36. The Morgan fingerprint density at radius 3 is 2.46 bits per heavy atom. The summed E-state index contributed by atoms with van der Waals surface area (Å²) in [6.45, 7) is 8.35. The molecule has 0 unspecified atom stereocenters. The molecule has 1 aliphatic carbocycles. The van der Waals surface area contributed by atoms with Crippen LogP contribution >= 0.6 is 11.3 Å². The van der Waals surface area contributed by atoms with Crippen molar-refractivity contribution in [1.29, 1.82) is 0 Å². The predicted molar refractivity (Wildman–Crippen MR) is 148 cm³/mol. The number of likely N-dealkylation sites (tertiary alicyclic amines) is 2. The molecule has 2 bridgehead atoms. The number of hydrogen-bond donors (Lipinski definition) is 1. The molecule has 2 aliphatic heterocycles. The molecule has 2 aromatic carbocycles. The minimum Gasteiger partial charge on any atom is -0.492 e. The number of fused-ring (bicyclic) bond motifs is 3. The Balaban J connectivity index is 0.952. The number of amides is 2. The van der Waals surface area contributed by atoms with Crippen molar-refractivity contribution in [3.05, 3.63) is 48.5 Å². The summed E-state index contributed by atoms with van der Waals surface area (Å²) in [5.74, 6) is 1.54. The van der Waals surface area contributed by atoms with Crippen molar-refractivity contribution in [3.8, 4) is 16.7 Å². The summed E-state index contributed by atoms with van der Waals surface area (Å²) in [7, 11) is 0. The number of alkyl carbamates (subject to hydrolysis) is 1. The van der Waals surface area contributed by atoms with Gasteiger partial charge >= 0.3 is 6.09 Å². The van der Waals surface area contributed by atoms with Crippen LogP contribution in [-0.2, 0) is 9.53 Å². The quantitative estimate of drug-likeness (QED) is 0.430. The van der Waals surface area contributed by atoms with E-state index in [9.17, 15) is 9.59 Å². The number of nitrogens with one attached hydrogen (secondary N) is 1. The minimum absolute atomic E-state index is 0.0323. The monoisotopic (exact) mass is 550 g/mol. The van der Waals surface area contributed by atoms with E-state index in [1.807, 2.05) is 74.2 Å². The molecule has 10 heteroatoms. The number of nitrogens with zero attached hydrogens (tertiary/aromatic N) is 3. The van der Waals surface area contributed by atoms with Crippen LogP contribution in [0.4, 0.5) is 4.79 Å². The highest BCUT2D eigenvalue weighted by atomic mass is 32.1. The molecule has 6 rings (SSSR count). The van der Waals surface area contributed by atoms with E-state index in [1.54, 1.807) is 0 Å². The van der Waals surface area contributed by atoms with Gasteiger partial charge in [-0.15, -0.1) is 0 Å². The molecular weight excluding hydrogens is 516 g/mol. The zero-order valence-corrected chi connectivity index (χ0v) is 23.3. The average molecular weight is 551 g/mol. The molecule has 2 saturated heterocycles. The van der Waals surface area contributed by atoms with Gasteiger partial charge in [0.1, 0.15) is 29.2 Å². The van der Waals surface area contributed by atoms with Crippen molar-refractivity contribution in [2.75, 3.05) is 26.2 Å². The second kappa shape index (κ2) is 9.98. The molecule has 39 heavy (non-hydrogen) atoms. The smallest absolute Gasteiger partial charge is 0.408 e. The van der Waals surface area contributed by atoms with E-state index >= 15 is 0 Å². The summed E-state index contributed by atoms with van der Waals surface area (Å²) < 4.78 is 18.4. The number of rotatable bonds is 8. The van der Waals surface area contributed by atoms with Gasteiger partial charge in [0.25, 0.3) is 5.19 Å². The molecule has 3 aliphatic rings. The fourth-order valence-corrected chi connectivity index (χ4v) is 6.28. The lowest BCUT2D eigenvalue weighted by atomic mass is 10.2. The second-order valence-corrected chi connectivity index (χ2v) is 12.6. The first-order valence-electron chi connectivity index (χ1n) is 13.5. The highest BCUT2D eigenvalue weighted by molar-refractivity contribution is 7.20. The zero-order chi connectivity index (χ0) is 27.2. The Hall–Kier alpha value is -3.37. The lowest BCUT2D eigenvalue weighted by Crippen LogP contribution is -2.57. The molecule has 3 aromatic rings. The summed E-state index contributed by atoms with van der Waals surface area (Å²) in [6.07, 6.45) is 1.78. The Morgan fingerprint density at radius 2 is 1.79 bits per heavy atom. The van der Waals surface area contributed by atoms with Gasteiger partial charge in [-0.2, -0.15) is 0 Å². The van der Waals surface area contributed by atoms with Crippen molar-refractivity contribution < 1.29 is 23.8 Å². The Kier molecular flexibility index (Phi) is 6.63. The topological polar surface area (TPSA) is 93.2 Å². The molecule has 2 atom stereocenters. The molecule has 3 fully saturated rings. The molecule has 2 amide bonds. The van der Waals surface area contributed by atoms with Crippen LogP contribution in [0.15, 0.2) is 48.5 Å². The van der Waals surface area contributed by atoms with Gasteiger partial charge in [0, 0.05) is 31.7 Å². The van der Waals surface area contributed by atoms with Crippen LogP contribution in [0, 0.1) is 0 Å². The van der Waals surface area contributed by atoms with E-state index in [2.05, 4.69) is 15.2 Å². The molecule has 0 radical (unpaired) electrons. The Morgan fingerprint density at radius 1 is 1.05 bits per heavy atom. The summed E-state index contributed by atoms with van der Waals surface area (Å²) in [5.41, 5.74) is -0.445. The first-order chi connectivity index (χ1) is 18.7. The van der Waals surface area contributed by atoms with Gasteiger partial charge in [0.2, 0.25) is 5.91 Å². The van der Waals surface area contributed by atoms with Crippen LogP contribution in [0.3, 0.4) is 0 Å². The number of benzene rings is 2. The molecule has 9 nitrogen and oxygen atoms in total. The van der Waals surface area contributed by atoms with Crippen LogP contribution in [-0.4, -0.2) is 76.2 Å². The van der Waals surface area contributed by atoms with Crippen molar-refractivity contribution in [1.82, 2.24) is 20.1 Å². The van der Waals surface area contributed by atoms with Gasteiger partial charge < -0.3 is 24.4 Å². The second-order valence-electron chi connectivity index (χ2n) is 11.6. The summed E-state index contributed by atoms with van der Waals surface area (Å²) in [6, 6.07) is 16.1. The third kappa shape index (κ3) is 5.67. The van der Waals surface area contributed by atoms with Crippen LogP contribution in [0.1, 0.15) is 40.0 Å². The highest BCUT2D eigenvalue weighted by Gasteiger charge is 2.57. The number of carbonyl (C=O) groups excluding carboxylic acids is 2. The number of aromatic nitrogens is 1. The molecule has 1 N–H and O–H groups in total. The predicted octanol–water partition coefficient (Wildman–Crippen LogP) is 4.81. The van der Waals surface area contributed by atoms with Crippen LogP contribution in [0.2, 0.25) is 0 Å². The Bertz CT molecular complexity index is 1330. The maximum atomic E-state index is 13.3. The van der Waals surface area contributed by atoms with Gasteiger partial charge in [-0.05, 0) is 76.4 Å². The fourth-order valence-electron chi connectivity index (χ4n) is 5.44. The van der Waals surface area contributed by atoms with Gasteiger partial charge in [0.15, 0.2) is 0 Å². The maximum Gasteiger partial charge on any atom is 0.408 e. The van der Waals surface area contributed by atoms with Gasteiger partial charge in [-0.1, -0.05) is 23.5 Å². The molecule has 1 aromatic heterocycles. The number of hydrogen-bond acceptors (Lipinski definition) is 8. The normalized spacial score (nSPS) is 21.7. The van der Waals surface area contributed by atoms with E-state index in [0.717, 1.165) is 41.2 Å². The lowest BCUT2D eigenvalue weighted by molar-refractivity contribution is -0.137. The van der Waals surface area contributed by atoms with Crippen molar-refractivity contribution in [2.24, 2.45) is 0 Å². The molecular formula is C29H34N4O5S. The van der Waals surface area contributed by atoms with Crippen LogP contribution < -0.4 is 14.8 Å². The molecule has 206 valence electrons.